The van der Waals surface area contributed by atoms with E-state index in [9.17, 15) is 30.2 Å². The molecule has 3 amide bonds. The molecule has 3 fully saturated rings. The van der Waals surface area contributed by atoms with Gasteiger partial charge in [0, 0.05) is 157 Å². The molecule has 3 atom stereocenters. The van der Waals surface area contributed by atoms with Crippen LogP contribution in [0, 0.1) is 34.0 Å². The second kappa shape index (κ2) is 34.4. The molecule has 6 aromatic carbocycles. The number of nitrogens with zero attached hydrogens (tertiary/aromatic N) is 12. The first-order valence-corrected chi connectivity index (χ1v) is 32.6. The number of hydrogen-bond acceptors (Lipinski definition) is 13. The summed E-state index contributed by atoms with van der Waals surface area (Å²) in [4.78, 5) is 64.1. The maximum Gasteiger partial charge on any atom is 0.236 e. The van der Waals surface area contributed by atoms with E-state index in [1.54, 1.807) is 37.2 Å². The molecule has 3 aliphatic heterocycles. The molecule has 3 unspecified atom stereocenters. The molecular formula is C79H81N13O3. The van der Waals surface area contributed by atoms with Crippen LogP contribution in [-0.4, -0.2) is 147 Å². The van der Waals surface area contributed by atoms with Crippen LogP contribution >= 0.6 is 0 Å². The Labute approximate surface area is 559 Å². The Morgan fingerprint density at radius 3 is 1.00 bits per heavy atom. The maximum atomic E-state index is 13.4. The molecule has 1 N–H and O–H groups in total. The summed E-state index contributed by atoms with van der Waals surface area (Å²) in [5, 5.41) is 32.5. The van der Waals surface area contributed by atoms with Gasteiger partial charge in [-0.3, -0.25) is 49.4 Å². The highest BCUT2D eigenvalue weighted by Gasteiger charge is 2.36. The number of pyridine rings is 3. The average molecular weight is 1260 g/mol. The van der Waals surface area contributed by atoms with Gasteiger partial charge >= 0.3 is 0 Å². The molecule has 3 aliphatic rings. The zero-order valence-electron chi connectivity index (χ0n) is 53.8. The third kappa shape index (κ3) is 18.0. The lowest BCUT2D eigenvalue weighted by molar-refractivity contribution is -0.134. The third-order valence-corrected chi connectivity index (χ3v) is 18.3. The van der Waals surface area contributed by atoms with Crippen molar-refractivity contribution < 1.29 is 14.4 Å². The smallest absolute Gasteiger partial charge is 0.236 e. The van der Waals surface area contributed by atoms with E-state index >= 15 is 0 Å². The van der Waals surface area contributed by atoms with E-state index in [1.165, 1.54) is 0 Å². The highest BCUT2D eigenvalue weighted by Crippen LogP contribution is 2.37. The first-order valence-electron chi connectivity index (χ1n) is 32.6. The Morgan fingerprint density at radius 1 is 0.389 bits per heavy atom. The van der Waals surface area contributed by atoms with Crippen LogP contribution in [-0.2, 0) is 19.8 Å². The Kier molecular flexibility index (Phi) is 24.4. The van der Waals surface area contributed by atoms with E-state index in [0.717, 1.165) is 50.1 Å². The number of carbonyl (C=O) groups excluding carboxylic acids is 3. The number of piperazine rings is 3. The molecule has 12 rings (SSSR count). The predicted molar refractivity (Wildman–Crippen MR) is 368 cm³/mol. The number of hydrogen-bond donors (Lipinski definition) is 1. The van der Waals surface area contributed by atoms with Crippen molar-refractivity contribution in [3.63, 3.8) is 0 Å². The minimum absolute atomic E-state index is 0.0372. The van der Waals surface area contributed by atoms with Gasteiger partial charge in [0.2, 0.25) is 17.7 Å². The normalized spacial score (nSPS) is 15.5. The van der Waals surface area contributed by atoms with Gasteiger partial charge in [0.1, 0.15) is 18.1 Å². The number of amides is 3. The summed E-state index contributed by atoms with van der Waals surface area (Å²) in [6.07, 6.45) is 11.2. The summed E-state index contributed by atoms with van der Waals surface area (Å²) in [5.41, 5.74) is 9.14. The lowest BCUT2D eigenvalue weighted by Crippen LogP contribution is -2.51. The zero-order chi connectivity index (χ0) is 66.0. The van der Waals surface area contributed by atoms with E-state index < -0.39 is 5.41 Å². The molecule has 0 bridgehead atoms. The molecule has 0 aliphatic carbocycles. The van der Waals surface area contributed by atoms with Crippen molar-refractivity contribution in [1.82, 2.24) is 49.7 Å². The average Bonchev–Trinajstić information content (AvgIpc) is 0.848. The van der Waals surface area contributed by atoms with E-state index in [2.05, 4.69) is 133 Å². The topological polar surface area (TPSA) is 193 Å². The summed E-state index contributed by atoms with van der Waals surface area (Å²) in [6, 6.07) is 78.8. The molecule has 480 valence electrons. The molecular weight excluding hydrogens is 1180 g/mol. The summed E-state index contributed by atoms with van der Waals surface area (Å²) in [6.45, 7) is 10.2. The van der Waals surface area contributed by atoms with Crippen LogP contribution in [0.25, 0.3) is 0 Å². The fourth-order valence-corrected chi connectivity index (χ4v) is 12.9. The quantitative estimate of drug-likeness (QED) is 0.0805. The minimum atomic E-state index is -0.401. The fraction of sp³-hybridized carbons (Fsp3) is 0.278. The predicted octanol–water partition coefficient (Wildman–Crippen LogP) is 11.4. The van der Waals surface area contributed by atoms with Crippen molar-refractivity contribution in [3.05, 3.63) is 306 Å². The second-order valence-electron chi connectivity index (χ2n) is 24.2. The fourth-order valence-electron chi connectivity index (χ4n) is 12.9. The van der Waals surface area contributed by atoms with Crippen molar-refractivity contribution in [2.75, 3.05) is 85.1 Å². The van der Waals surface area contributed by atoms with E-state index in [0.29, 0.717) is 91.4 Å². The van der Waals surface area contributed by atoms with Gasteiger partial charge in [0.05, 0.1) is 30.8 Å². The SMILES string of the molecule is CC(CC(=O)N1CCN(C(C#N)c2cccnc2)CC1)(c1ccccc1)c1ccccc1.N#CC(c1cccnc1)N1CCN(C(=O)CC(c2ccccc2)c2ccccc2)CC1.N#CC(c1cccnc1)N1CCN(C(=O)CNC(c2ccccc2)c2ccccc2)CC1. The number of nitrogens with one attached hydrogen (secondary N) is 1. The molecule has 0 saturated carbocycles. The number of rotatable bonds is 19. The monoisotopic (exact) mass is 1260 g/mol. The molecule has 0 radical (unpaired) electrons. The van der Waals surface area contributed by atoms with Crippen LogP contribution in [0.15, 0.2) is 256 Å². The first-order chi connectivity index (χ1) is 46.6. The summed E-state index contributed by atoms with van der Waals surface area (Å²) < 4.78 is 0. The lowest BCUT2D eigenvalue weighted by atomic mass is 9.73. The Balaban J connectivity index is 0.000000155. The van der Waals surface area contributed by atoms with Crippen molar-refractivity contribution >= 4 is 17.7 Å². The minimum Gasteiger partial charge on any atom is -0.340 e. The molecule has 16 heteroatoms. The Bertz CT molecular complexity index is 3800. The second-order valence-corrected chi connectivity index (χ2v) is 24.2. The maximum absolute atomic E-state index is 13.4. The van der Waals surface area contributed by atoms with Crippen LogP contribution < -0.4 is 5.32 Å². The highest BCUT2D eigenvalue weighted by molar-refractivity contribution is 5.80. The summed E-state index contributed by atoms with van der Waals surface area (Å²) in [7, 11) is 0. The van der Waals surface area contributed by atoms with Gasteiger partial charge < -0.3 is 14.7 Å². The molecule has 95 heavy (non-hydrogen) atoms. The molecule has 6 heterocycles. The molecule has 9 aromatic rings. The van der Waals surface area contributed by atoms with Crippen LogP contribution in [0.4, 0.5) is 0 Å². The number of aromatic nitrogens is 3. The van der Waals surface area contributed by atoms with Crippen LogP contribution in [0.5, 0.6) is 0 Å². The molecule has 16 nitrogen and oxygen atoms in total. The van der Waals surface area contributed by atoms with Gasteiger partial charge in [-0.25, -0.2) is 0 Å². The van der Waals surface area contributed by atoms with E-state index in [4.69, 9.17) is 0 Å². The Morgan fingerprint density at radius 2 is 0.684 bits per heavy atom. The molecule has 0 spiro atoms. The first kappa shape index (κ1) is 67.4. The van der Waals surface area contributed by atoms with Crippen molar-refractivity contribution in [2.45, 2.75) is 55.3 Å². The van der Waals surface area contributed by atoms with Gasteiger partial charge in [0.25, 0.3) is 0 Å². The number of nitriles is 3. The van der Waals surface area contributed by atoms with Gasteiger partial charge in [-0.15, -0.1) is 0 Å². The molecule has 3 aromatic heterocycles. The Hall–Kier alpha value is -10.5. The number of carbonyl (C=O) groups is 3. The van der Waals surface area contributed by atoms with Crippen LogP contribution in [0.2, 0.25) is 0 Å². The standard InChI is InChI=1S/C27H28N4O.C26H27N5O.C26H26N4O/c1-27(23-10-4-2-5-11-23,24-12-6-3-7-13-24)19-26(32)31-17-15-30(16-18-31)25(20-28)22-9-8-14-29-21-22;27-18-24(23-12-7-13-28-19-23)30-14-16-31(17-15-30)25(32)20-29-26(21-8-3-1-4-9-21)22-10-5-2-6-11-22;27-19-25(23-12-7-13-28-20-23)29-14-16-30(17-15-29)26(31)18-24(21-8-3-1-4-9-21)22-10-5-2-6-11-22/h2-14,21,25H,15-19H2,1H3;1-13,19,24,26,29H,14-17,20H2;1-13,20,24-25H,14-18H2. The zero-order valence-corrected chi connectivity index (χ0v) is 53.8. The van der Waals surface area contributed by atoms with Gasteiger partial charge in [-0.05, 0) is 51.6 Å². The van der Waals surface area contributed by atoms with Crippen molar-refractivity contribution in [2.24, 2.45) is 0 Å². The highest BCUT2D eigenvalue weighted by atomic mass is 16.2. The summed E-state index contributed by atoms with van der Waals surface area (Å²) in [5.74, 6) is 0.425. The molecule has 3 saturated heterocycles. The van der Waals surface area contributed by atoms with Crippen LogP contribution in [0.1, 0.15) is 99.9 Å². The van der Waals surface area contributed by atoms with Gasteiger partial charge in [0.15, 0.2) is 0 Å². The largest absolute Gasteiger partial charge is 0.340 e. The van der Waals surface area contributed by atoms with Crippen LogP contribution in [0.3, 0.4) is 0 Å². The summed E-state index contributed by atoms with van der Waals surface area (Å²) >= 11 is 0. The van der Waals surface area contributed by atoms with E-state index in [1.807, 2.05) is 160 Å². The number of benzene rings is 6. The lowest BCUT2D eigenvalue weighted by Gasteiger charge is -2.39. The van der Waals surface area contributed by atoms with Crippen molar-refractivity contribution in [1.29, 1.82) is 15.8 Å². The third-order valence-electron chi connectivity index (χ3n) is 18.3. The van der Waals surface area contributed by atoms with Crippen molar-refractivity contribution in [3.8, 4) is 18.2 Å². The van der Waals surface area contributed by atoms with Gasteiger partial charge in [-0.1, -0.05) is 207 Å². The van der Waals surface area contributed by atoms with Gasteiger partial charge in [-0.2, -0.15) is 15.8 Å². The van der Waals surface area contributed by atoms with E-state index in [-0.39, 0.29) is 54.4 Å².